The van der Waals surface area contributed by atoms with Crippen molar-refractivity contribution in [3.8, 4) is 0 Å². The van der Waals surface area contributed by atoms with Gasteiger partial charge in [0.1, 0.15) is 36.8 Å². The molecule has 6 unspecified atom stereocenters. The van der Waals surface area contributed by atoms with E-state index in [-0.39, 0.29) is 19.4 Å². The topological polar surface area (TPSA) is 186 Å². The van der Waals surface area contributed by atoms with Crippen LogP contribution in [0.15, 0.2) is 97.2 Å². The van der Waals surface area contributed by atoms with Gasteiger partial charge >= 0.3 is 11.9 Å². The number of esters is 2. The molecule has 352 valence electrons. The van der Waals surface area contributed by atoms with E-state index in [9.17, 15) is 37.9 Å². The van der Waals surface area contributed by atoms with Crippen molar-refractivity contribution >= 4 is 22.1 Å². The standard InChI is InChI=1S/C49H78O12S/c1-3-5-7-9-11-13-15-17-19-20-21-22-24-26-28-30-32-34-36-38-45(51)60-42(40-59-49-48(54)47(53)46(52)43(61-49)41-62(55,56)57)39-58-44(50)37-35-33-31-29-27-25-23-18-16-14-12-10-8-6-4-2/h5,7,11-14,17-19,21-23,26,28,32,34,42-43,46-49,52-54H,3-4,6,8-10,15-16,20,24-25,27,29-31,33,35-41H2,1-2H3,(H,55,56,57)/b7-5-,13-11-,14-12-,19-17-,22-21-,23-18-,28-26-,34-32-. The molecular formula is C49H78O12S. The zero-order valence-corrected chi connectivity index (χ0v) is 38.2. The fourth-order valence-electron chi connectivity index (χ4n) is 6.14. The largest absolute Gasteiger partial charge is 0.462 e. The molecule has 0 aliphatic carbocycles. The minimum absolute atomic E-state index is 0.0302. The summed E-state index contributed by atoms with van der Waals surface area (Å²) in [4.78, 5) is 25.4. The maximum absolute atomic E-state index is 12.8. The lowest BCUT2D eigenvalue weighted by Gasteiger charge is -2.40. The molecule has 1 heterocycles. The van der Waals surface area contributed by atoms with Crippen molar-refractivity contribution in [2.24, 2.45) is 0 Å². The van der Waals surface area contributed by atoms with Gasteiger partial charge in [-0.15, -0.1) is 0 Å². The molecule has 0 saturated carbocycles. The summed E-state index contributed by atoms with van der Waals surface area (Å²) < 4.78 is 54.0. The summed E-state index contributed by atoms with van der Waals surface area (Å²) >= 11 is 0. The Bertz CT molecular complexity index is 1510. The molecule has 62 heavy (non-hydrogen) atoms. The van der Waals surface area contributed by atoms with E-state index in [1.54, 1.807) is 0 Å². The van der Waals surface area contributed by atoms with Crippen LogP contribution in [0.1, 0.15) is 142 Å². The minimum Gasteiger partial charge on any atom is -0.462 e. The smallest absolute Gasteiger partial charge is 0.306 e. The number of hydrogen-bond acceptors (Lipinski definition) is 11. The van der Waals surface area contributed by atoms with E-state index in [2.05, 4.69) is 92.8 Å². The van der Waals surface area contributed by atoms with Crippen LogP contribution in [0.5, 0.6) is 0 Å². The van der Waals surface area contributed by atoms with Gasteiger partial charge in [-0.05, 0) is 83.5 Å². The second kappa shape index (κ2) is 38.1. The number of rotatable bonds is 36. The van der Waals surface area contributed by atoms with Crippen molar-refractivity contribution < 1.29 is 56.8 Å². The van der Waals surface area contributed by atoms with Crippen LogP contribution >= 0.6 is 0 Å². The van der Waals surface area contributed by atoms with Gasteiger partial charge in [-0.3, -0.25) is 14.1 Å². The van der Waals surface area contributed by atoms with Gasteiger partial charge in [0.25, 0.3) is 10.1 Å². The van der Waals surface area contributed by atoms with Crippen molar-refractivity contribution in [2.75, 3.05) is 19.0 Å². The molecule has 0 aromatic carbocycles. The van der Waals surface area contributed by atoms with Crippen LogP contribution in [-0.4, -0.2) is 96.0 Å². The maximum atomic E-state index is 12.8. The number of carbonyl (C=O) groups is 2. The highest BCUT2D eigenvalue weighted by Crippen LogP contribution is 2.24. The molecule has 1 saturated heterocycles. The Morgan fingerprint density at radius 3 is 1.58 bits per heavy atom. The van der Waals surface area contributed by atoms with Crippen LogP contribution in [0.2, 0.25) is 0 Å². The highest BCUT2D eigenvalue weighted by Gasteiger charge is 2.46. The third kappa shape index (κ3) is 32.3. The number of ether oxygens (including phenoxy) is 4. The lowest BCUT2D eigenvalue weighted by Crippen LogP contribution is -2.60. The van der Waals surface area contributed by atoms with Crippen LogP contribution in [0, 0.1) is 0 Å². The predicted octanol–water partition coefficient (Wildman–Crippen LogP) is 9.44. The monoisotopic (exact) mass is 891 g/mol. The quantitative estimate of drug-likeness (QED) is 0.0202. The fourth-order valence-corrected chi connectivity index (χ4v) is 6.83. The SMILES string of the molecule is CC/C=C\C/C=C\C/C=C\C/C=C\C/C=C\C/C=C\CCC(=O)OC(COC(=O)CCCCCCC/C=C\C/C=C\CCCCC)COC1OC(CS(=O)(=O)O)C(O)C(O)C1O. The average Bonchev–Trinajstić information content (AvgIpc) is 3.24. The first-order valence-electron chi connectivity index (χ1n) is 22.8. The molecule has 0 aromatic rings. The van der Waals surface area contributed by atoms with Gasteiger partial charge in [0.05, 0.1) is 6.61 Å². The summed E-state index contributed by atoms with van der Waals surface area (Å²) in [5, 5.41) is 30.9. The Morgan fingerprint density at radius 2 is 1.05 bits per heavy atom. The van der Waals surface area contributed by atoms with Gasteiger partial charge in [-0.2, -0.15) is 8.42 Å². The Kier molecular flexibility index (Phi) is 34.7. The van der Waals surface area contributed by atoms with Crippen LogP contribution in [0.25, 0.3) is 0 Å². The summed E-state index contributed by atoms with van der Waals surface area (Å²) in [7, 11) is -4.62. The van der Waals surface area contributed by atoms with Crippen LogP contribution in [0.4, 0.5) is 0 Å². The second-order valence-electron chi connectivity index (χ2n) is 15.3. The number of hydrogen-bond donors (Lipinski definition) is 4. The first kappa shape index (κ1) is 56.6. The summed E-state index contributed by atoms with van der Waals surface area (Å²) in [6.45, 7) is 3.53. The van der Waals surface area contributed by atoms with E-state index in [4.69, 9.17) is 18.9 Å². The van der Waals surface area contributed by atoms with Crippen molar-refractivity contribution in [3.63, 3.8) is 0 Å². The molecule has 1 fully saturated rings. The van der Waals surface area contributed by atoms with E-state index < -0.39 is 71.2 Å². The molecule has 1 aliphatic rings. The zero-order chi connectivity index (χ0) is 45.5. The zero-order valence-electron chi connectivity index (χ0n) is 37.4. The summed E-state index contributed by atoms with van der Waals surface area (Å²) in [6.07, 6.45) is 41.7. The molecule has 0 amide bonds. The van der Waals surface area contributed by atoms with E-state index in [1.807, 2.05) is 18.2 Å². The normalized spacial score (nSPS) is 20.8. The lowest BCUT2D eigenvalue weighted by atomic mass is 10.00. The minimum atomic E-state index is -4.62. The van der Waals surface area contributed by atoms with Gasteiger partial charge in [0.15, 0.2) is 12.4 Å². The number of unbranched alkanes of at least 4 members (excludes halogenated alkanes) is 8. The molecule has 6 atom stereocenters. The van der Waals surface area contributed by atoms with E-state index >= 15 is 0 Å². The molecular weight excluding hydrogens is 813 g/mol. The molecule has 13 heteroatoms. The molecule has 12 nitrogen and oxygen atoms in total. The number of allylic oxidation sites excluding steroid dienone is 16. The number of aliphatic hydroxyl groups is 3. The Labute approximate surface area is 373 Å². The third-order valence-corrected chi connectivity index (χ3v) is 10.4. The third-order valence-electron chi connectivity index (χ3n) is 9.66. The second-order valence-corrected chi connectivity index (χ2v) is 16.8. The summed E-state index contributed by atoms with van der Waals surface area (Å²) in [6, 6.07) is 0. The van der Waals surface area contributed by atoms with E-state index in [1.165, 1.54) is 19.3 Å². The van der Waals surface area contributed by atoms with Crippen molar-refractivity contribution in [1.82, 2.24) is 0 Å². The first-order chi connectivity index (χ1) is 30.0. The molecule has 0 aromatic heterocycles. The maximum Gasteiger partial charge on any atom is 0.306 e. The Balaban J connectivity index is 2.53. The highest BCUT2D eigenvalue weighted by atomic mass is 32.2. The molecule has 1 rings (SSSR count). The first-order valence-corrected chi connectivity index (χ1v) is 24.4. The molecule has 4 N–H and O–H groups in total. The van der Waals surface area contributed by atoms with Crippen molar-refractivity contribution in [3.05, 3.63) is 97.2 Å². The number of carbonyl (C=O) groups excluding carboxylic acids is 2. The predicted molar refractivity (Wildman–Crippen MR) is 247 cm³/mol. The number of aliphatic hydroxyl groups excluding tert-OH is 3. The van der Waals surface area contributed by atoms with Crippen LogP contribution < -0.4 is 0 Å². The Morgan fingerprint density at radius 1 is 0.565 bits per heavy atom. The van der Waals surface area contributed by atoms with Gasteiger partial charge < -0.3 is 34.3 Å². The average molecular weight is 891 g/mol. The summed E-state index contributed by atoms with van der Waals surface area (Å²) in [5.41, 5.74) is 0. The fraction of sp³-hybridized carbons (Fsp3) is 0.633. The highest BCUT2D eigenvalue weighted by molar-refractivity contribution is 7.85. The molecule has 0 spiro atoms. The van der Waals surface area contributed by atoms with Crippen molar-refractivity contribution in [2.45, 2.75) is 179 Å². The van der Waals surface area contributed by atoms with E-state index in [0.29, 0.717) is 19.3 Å². The van der Waals surface area contributed by atoms with Gasteiger partial charge in [0, 0.05) is 12.8 Å². The van der Waals surface area contributed by atoms with Gasteiger partial charge in [0.2, 0.25) is 0 Å². The molecule has 1 aliphatic heterocycles. The molecule has 0 bridgehead atoms. The Hall–Kier alpha value is -3.43. The van der Waals surface area contributed by atoms with Crippen LogP contribution in [0.3, 0.4) is 0 Å². The van der Waals surface area contributed by atoms with Gasteiger partial charge in [-0.1, -0.05) is 143 Å². The summed E-state index contributed by atoms with van der Waals surface area (Å²) in [5.74, 6) is -2.13. The van der Waals surface area contributed by atoms with Gasteiger partial charge in [-0.25, -0.2) is 0 Å². The van der Waals surface area contributed by atoms with Crippen LogP contribution in [-0.2, 0) is 38.7 Å². The lowest BCUT2D eigenvalue weighted by molar-refractivity contribution is -0.297. The molecule has 0 radical (unpaired) electrons. The van der Waals surface area contributed by atoms with Crippen molar-refractivity contribution in [1.29, 1.82) is 0 Å². The van der Waals surface area contributed by atoms with E-state index in [0.717, 1.165) is 77.0 Å².